The van der Waals surface area contributed by atoms with E-state index in [-0.39, 0.29) is 5.91 Å². The Hall–Kier alpha value is -2.14. The minimum atomic E-state index is 0.100. The van der Waals surface area contributed by atoms with Crippen LogP contribution in [0.25, 0.3) is 0 Å². The molecule has 0 unspecified atom stereocenters. The fraction of sp³-hybridized carbons (Fsp3) is 0.444. The molecule has 0 N–H and O–H groups in total. The van der Waals surface area contributed by atoms with Crippen LogP contribution < -0.4 is 0 Å². The van der Waals surface area contributed by atoms with Gasteiger partial charge < -0.3 is 9.80 Å². The molecule has 0 saturated carbocycles. The van der Waals surface area contributed by atoms with Crippen LogP contribution in [0.5, 0.6) is 0 Å². The maximum Gasteiger partial charge on any atom is 0.257 e. The SMILES string of the molecule is Cn1cc(C(=O)N2CCCN(CCc3ccccc3)CC2)cn1. The van der Waals surface area contributed by atoms with Crippen LogP contribution >= 0.6 is 0 Å². The normalized spacial score (nSPS) is 16.3. The molecule has 1 aromatic heterocycles. The molecule has 1 amide bonds. The Morgan fingerprint density at radius 2 is 1.96 bits per heavy atom. The number of nitrogens with zero attached hydrogens (tertiary/aromatic N) is 4. The third-order valence-electron chi connectivity index (χ3n) is 4.39. The summed E-state index contributed by atoms with van der Waals surface area (Å²) in [5.74, 6) is 0.100. The summed E-state index contributed by atoms with van der Waals surface area (Å²) in [6, 6.07) is 10.6. The first kappa shape index (κ1) is 15.7. The van der Waals surface area contributed by atoms with Crippen molar-refractivity contribution >= 4 is 5.91 Å². The Morgan fingerprint density at radius 1 is 1.13 bits per heavy atom. The molecular formula is C18H24N4O. The van der Waals surface area contributed by atoms with Crippen LogP contribution in [0.15, 0.2) is 42.7 Å². The number of benzene rings is 1. The molecule has 2 heterocycles. The highest BCUT2D eigenvalue weighted by molar-refractivity contribution is 5.93. The number of rotatable bonds is 4. The van der Waals surface area contributed by atoms with Crippen LogP contribution in [0.1, 0.15) is 22.3 Å². The summed E-state index contributed by atoms with van der Waals surface area (Å²) in [7, 11) is 1.84. The van der Waals surface area contributed by atoms with E-state index >= 15 is 0 Å². The zero-order valence-corrected chi connectivity index (χ0v) is 13.7. The van der Waals surface area contributed by atoms with Gasteiger partial charge in [-0.3, -0.25) is 9.48 Å². The summed E-state index contributed by atoms with van der Waals surface area (Å²) in [6.45, 7) is 4.68. The molecule has 0 bridgehead atoms. The number of aryl methyl sites for hydroxylation is 1. The fourth-order valence-electron chi connectivity index (χ4n) is 3.04. The zero-order valence-electron chi connectivity index (χ0n) is 13.7. The molecule has 0 spiro atoms. The molecule has 122 valence electrons. The van der Waals surface area contributed by atoms with E-state index in [0.717, 1.165) is 45.6 Å². The van der Waals surface area contributed by atoms with E-state index in [9.17, 15) is 4.79 Å². The van der Waals surface area contributed by atoms with Crippen LogP contribution in [0.3, 0.4) is 0 Å². The van der Waals surface area contributed by atoms with E-state index in [1.54, 1.807) is 17.1 Å². The minimum absolute atomic E-state index is 0.100. The summed E-state index contributed by atoms with van der Waals surface area (Å²) in [4.78, 5) is 16.9. The van der Waals surface area contributed by atoms with Gasteiger partial charge in [0.05, 0.1) is 11.8 Å². The molecule has 0 atom stereocenters. The van der Waals surface area contributed by atoms with Gasteiger partial charge in [0.1, 0.15) is 0 Å². The molecule has 3 rings (SSSR count). The Kier molecular flexibility index (Phi) is 5.08. The highest BCUT2D eigenvalue weighted by atomic mass is 16.2. The molecule has 5 nitrogen and oxygen atoms in total. The van der Waals surface area contributed by atoms with Crippen molar-refractivity contribution in [3.63, 3.8) is 0 Å². The van der Waals surface area contributed by atoms with Crippen molar-refractivity contribution in [3.8, 4) is 0 Å². The third kappa shape index (κ3) is 4.20. The highest BCUT2D eigenvalue weighted by Gasteiger charge is 2.21. The lowest BCUT2D eigenvalue weighted by Crippen LogP contribution is -2.35. The van der Waals surface area contributed by atoms with Gasteiger partial charge in [-0.25, -0.2) is 0 Å². The molecular weight excluding hydrogens is 288 g/mol. The lowest BCUT2D eigenvalue weighted by atomic mass is 10.1. The lowest BCUT2D eigenvalue weighted by molar-refractivity contribution is 0.0761. The van der Waals surface area contributed by atoms with Crippen molar-refractivity contribution in [2.45, 2.75) is 12.8 Å². The first-order chi connectivity index (χ1) is 11.2. The fourth-order valence-corrected chi connectivity index (χ4v) is 3.04. The monoisotopic (exact) mass is 312 g/mol. The molecule has 23 heavy (non-hydrogen) atoms. The van der Waals surface area contributed by atoms with E-state index in [0.29, 0.717) is 5.56 Å². The highest BCUT2D eigenvalue weighted by Crippen LogP contribution is 2.10. The van der Waals surface area contributed by atoms with E-state index in [2.05, 4.69) is 40.3 Å². The van der Waals surface area contributed by atoms with Gasteiger partial charge in [0.15, 0.2) is 0 Å². The second kappa shape index (κ2) is 7.42. The van der Waals surface area contributed by atoms with E-state index < -0.39 is 0 Å². The molecule has 1 aliphatic rings. The van der Waals surface area contributed by atoms with Crippen LogP contribution in [0, 0.1) is 0 Å². The third-order valence-corrected chi connectivity index (χ3v) is 4.39. The number of aromatic nitrogens is 2. The second-order valence-corrected chi connectivity index (χ2v) is 6.13. The van der Waals surface area contributed by atoms with Crippen molar-refractivity contribution < 1.29 is 4.79 Å². The molecule has 0 radical (unpaired) electrons. The van der Waals surface area contributed by atoms with Gasteiger partial charge in [-0.15, -0.1) is 0 Å². The summed E-state index contributed by atoms with van der Waals surface area (Å²) in [6.07, 6.45) is 5.54. The predicted octanol–water partition coefficient (Wildman–Crippen LogP) is 1.81. The second-order valence-electron chi connectivity index (χ2n) is 6.13. The molecule has 1 aliphatic heterocycles. The number of carbonyl (C=O) groups excluding carboxylic acids is 1. The first-order valence-corrected chi connectivity index (χ1v) is 8.26. The van der Waals surface area contributed by atoms with Gasteiger partial charge in [-0.2, -0.15) is 5.10 Å². The van der Waals surface area contributed by atoms with Crippen molar-refractivity contribution in [1.82, 2.24) is 19.6 Å². The van der Waals surface area contributed by atoms with E-state index in [1.807, 2.05) is 11.9 Å². The summed E-state index contributed by atoms with van der Waals surface area (Å²) >= 11 is 0. The molecule has 0 aliphatic carbocycles. The summed E-state index contributed by atoms with van der Waals surface area (Å²) in [5, 5.41) is 4.09. The van der Waals surface area contributed by atoms with E-state index in [1.165, 1.54) is 5.56 Å². The van der Waals surface area contributed by atoms with Crippen LogP contribution in [-0.4, -0.2) is 58.2 Å². The smallest absolute Gasteiger partial charge is 0.257 e. The Morgan fingerprint density at radius 3 is 2.70 bits per heavy atom. The van der Waals surface area contributed by atoms with Crippen LogP contribution in [-0.2, 0) is 13.5 Å². The topological polar surface area (TPSA) is 41.4 Å². The molecule has 1 fully saturated rings. The average molecular weight is 312 g/mol. The van der Waals surface area contributed by atoms with Crippen LogP contribution in [0.2, 0.25) is 0 Å². The van der Waals surface area contributed by atoms with Crippen molar-refractivity contribution in [2.75, 3.05) is 32.7 Å². The Bertz CT molecular complexity index is 637. The maximum absolute atomic E-state index is 12.5. The van der Waals surface area contributed by atoms with Crippen molar-refractivity contribution in [3.05, 3.63) is 53.9 Å². The van der Waals surface area contributed by atoms with Gasteiger partial charge in [-0.05, 0) is 24.9 Å². The summed E-state index contributed by atoms with van der Waals surface area (Å²) in [5.41, 5.74) is 2.06. The van der Waals surface area contributed by atoms with Gasteiger partial charge in [0.2, 0.25) is 0 Å². The molecule has 1 aromatic carbocycles. The van der Waals surface area contributed by atoms with E-state index in [4.69, 9.17) is 0 Å². The maximum atomic E-state index is 12.5. The summed E-state index contributed by atoms with van der Waals surface area (Å²) < 4.78 is 1.68. The van der Waals surface area contributed by atoms with Gasteiger partial charge in [0.25, 0.3) is 5.91 Å². The number of hydrogen-bond donors (Lipinski definition) is 0. The largest absolute Gasteiger partial charge is 0.337 e. The quantitative estimate of drug-likeness (QED) is 0.864. The predicted molar refractivity (Wildman–Crippen MR) is 90.3 cm³/mol. The Labute approximate surface area is 137 Å². The zero-order chi connectivity index (χ0) is 16.1. The van der Waals surface area contributed by atoms with Gasteiger partial charge in [0, 0.05) is 39.4 Å². The average Bonchev–Trinajstić information content (AvgIpc) is 2.87. The first-order valence-electron chi connectivity index (χ1n) is 8.26. The van der Waals surface area contributed by atoms with Crippen molar-refractivity contribution in [2.24, 2.45) is 7.05 Å². The minimum Gasteiger partial charge on any atom is -0.337 e. The number of hydrogen-bond acceptors (Lipinski definition) is 3. The molecule has 2 aromatic rings. The molecule has 5 heteroatoms. The van der Waals surface area contributed by atoms with Gasteiger partial charge >= 0.3 is 0 Å². The standard InChI is InChI=1S/C18H24N4O/c1-20-15-17(14-19-20)18(23)22-10-5-9-21(12-13-22)11-8-16-6-3-2-4-7-16/h2-4,6-7,14-15H,5,8-13H2,1H3. The lowest BCUT2D eigenvalue weighted by Gasteiger charge is -2.21. The van der Waals surface area contributed by atoms with Crippen LogP contribution in [0.4, 0.5) is 0 Å². The number of carbonyl (C=O) groups is 1. The Balaban J connectivity index is 1.52. The molecule has 1 saturated heterocycles. The van der Waals surface area contributed by atoms with Crippen molar-refractivity contribution in [1.29, 1.82) is 0 Å². The van der Waals surface area contributed by atoms with Gasteiger partial charge in [-0.1, -0.05) is 30.3 Å². The number of amides is 1.